The molecule has 1 aromatic heterocycles. The van der Waals surface area contributed by atoms with Gasteiger partial charge in [0.15, 0.2) is 11.4 Å². The molecule has 3 atom stereocenters. The first-order chi connectivity index (χ1) is 17.7. The maximum atomic E-state index is 13.8. The molecule has 1 aromatic carbocycles. The van der Waals surface area contributed by atoms with Crippen molar-refractivity contribution in [2.24, 2.45) is 17.6 Å². The average molecular weight is 513 g/mol. The Bertz CT molecular complexity index is 1140. The van der Waals surface area contributed by atoms with Crippen LogP contribution in [-0.2, 0) is 30.4 Å². The molecule has 37 heavy (non-hydrogen) atoms. The molecule has 200 valence electrons. The Kier molecular flexibility index (Phi) is 11.1. The number of fused-ring (bicyclic) bond motifs is 1. The monoisotopic (exact) mass is 512 g/mol. The fraction of sp³-hybridized carbons (Fsp3) is 0.519. The molecule has 0 fully saturated rings. The first-order valence-corrected chi connectivity index (χ1v) is 12.3. The quantitative estimate of drug-likeness (QED) is 0.283. The van der Waals surface area contributed by atoms with Gasteiger partial charge in [0, 0.05) is 50.6 Å². The van der Waals surface area contributed by atoms with Crippen LogP contribution in [0.3, 0.4) is 0 Å². The summed E-state index contributed by atoms with van der Waals surface area (Å²) < 4.78 is 16.4. The molecular weight excluding hydrogens is 476 g/mol. The van der Waals surface area contributed by atoms with E-state index in [9.17, 15) is 19.6 Å². The molecule has 1 heterocycles. The summed E-state index contributed by atoms with van der Waals surface area (Å²) in [7, 11) is 2.91. The van der Waals surface area contributed by atoms with Crippen LogP contribution in [-0.4, -0.2) is 67.2 Å². The van der Waals surface area contributed by atoms with E-state index in [2.05, 4.69) is 4.98 Å². The third kappa shape index (κ3) is 6.49. The Morgan fingerprint density at radius 1 is 1.14 bits per heavy atom. The number of hydrogen-bond donors (Lipinski definition) is 1. The van der Waals surface area contributed by atoms with Crippen LogP contribution < -0.4 is 5.73 Å². The number of Topliss-reactive ketones (excluding diaryl/α,β-unsaturated/α-hetero) is 1. The van der Waals surface area contributed by atoms with Crippen molar-refractivity contribution in [3.8, 4) is 6.07 Å². The van der Waals surface area contributed by atoms with Gasteiger partial charge in [0.2, 0.25) is 5.91 Å². The van der Waals surface area contributed by atoms with Crippen LogP contribution >= 0.6 is 0 Å². The van der Waals surface area contributed by atoms with E-state index in [1.165, 1.54) is 19.1 Å². The summed E-state index contributed by atoms with van der Waals surface area (Å²) in [6.45, 7) is 5.89. The minimum atomic E-state index is -1.72. The number of pyridine rings is 1. The molecule has 0 spiro atoms. The zero-order valence-corrected chi connectivity index (χ0v) is 22.2. The van der Waals surface area contributed by atoms with Crippen LogP contribution in [0, 0.1) is 23.2 Å². The number of aromatic nitrogens is 1. The number of ketones is 1. The van der Waals surface area contributed by atoms with Crippen molar-refractivity contribution < 1.29 is 28.6 Å². The van der Waals surface area contributed by atoms with Crippen LogP contribution in [0.5, 0.6) is 0 Å². The number of amides is 2. The van der Waals surface area contributed by atoms with Gasteiger partial charge in [-0.2, -0.15) is 5.26 Å². The lowest BCUT2D eigenvalue weighted by molar-refractivity contribution is -0.191. The summed E-state index contributed by atoms with van der Waals surface area (Å²) in [5.74, 6) is -4.53. The van der Waals surface area contributed by atoms with Crippen molar-refractivity contribution >= 4 is 28.5 Å². The third-order valence-electron chi connectivity index (χ3n) is 6.59. The molecule has 0 bridgehead atoms. The van der Waals surface area contributed by atoms with E-state index in [-0.39, 0.29) is 31.9 Å². The molecule has 10 nitrogen and oxygen atoms in total. The number of hydrogen-bond acceptors (Lipinski definition) is 8. The molecule has 0 aliphatic carbocycles. The Morgan fingerprint density at radius 3 is 2.35 bits per heavy atom. The molecule has 0 aliphatic heterocycles. The number of carbonyl (C=O) groups excluding carboxylic acids is 3. The van der Waals surface area contributed by atoms with Gasteiger partial charge in [0.1, 0.15) is 18.4 Å². The number of benzene rings is 1. The van der Waals surface area contributed by atoms with Gasteiger partial charge in [0.25, 0.3) is 5.91 Å². The van der Waals surface area contributed by atoms with Crippen LogP contribution in [0.4, 0.5) is 0 Å². The zero-order valence-electron chi connectivity index (χ0n) is 22.2. The lowest BCUT2D eigenvalue weighted by Crippen LogP contribution is -2.58. The van der Waals surface area contributed by atoms with Crippen LogP contribution in [0.15, 0.2) is 30.3 Å². The van der Waals surface area contributed by atoms with E-state index in [0.29, 0.717) is 24.2 Å². The first kappa shape index (κ1) is 29.8. The van der Waals surface area contributed by atoms with Gasteiger partial charge < -0.3 is 24.8 Å². The van der Waals surface area contributed by atoms with E-state index < -0.39 is 35.0 Å². The first-order valence-electron chi connectivity index (χ1n) is 12.3. The number of primary amides is 1. The number of rotatable bonds is 15. The second-order valence-corrected chi connectivity index (χ2v) is 8.64. The van der Waals surface area contributed by atoms with Gasteiger partial charge in [0.05, 0.1) is 18.2 Å². The smallest absolute Gasteiger partial charge is 0.255 e. The summed E-state index contributed by atoms with van der Waals surface area (Å²) in [4.78, 5) is 46.2. The topological polar surface area (TPSA) is 145 Å². The normalized spacial score (nSPS) is 14.4. The molecule has 2 amide bonds. The molecule has 0 radical (unpaired) electrons. The maximum absolute atomic E-state index is 13.8. The maximum Gasteiger partial charge on any atom is 0.255 e. The molecule has 0 saturated heterocycles. The van der Waals surface area contributed by atoms with E-state index in [4.69, 9.17) is 19.9 Å². The number of para-hydroxylation sites is 1. The molecular formula is C27H36N4O6. The van der Waals surface area contributed by atoms with Gasteiger partial charge in [-0.05, 0) is 32.4 Å². The summed E-state index contributed by atoms with van der Waals surface area (Å²) in [5, 5.41) is 10.8. The molecule has 2 N–H and O–H groups in total. The van der Waals surface area contributed by atoms with Gasteiger partial charge in [-0.15, -0.1) is 0 Å². The number of ether oxygens (including phenoxy) is 3. The fourth-order valence-electron chi connectivity index (χ4n) is 4.65. The van der Waals surface area contributed by atoms with Crippen molar-refractivity contribution in [3.63, 3.8) is 0 Å². The lowest BCUT2D eigenvalue weighted by Gasteiger charge is -2.42. The average Bonchev–Trinajstić information content (AvgIpc) is 2.89. The van der Waals surface area contributed by atoms with Gasteiger partial charge in [-0.25, -0.2) is 4.98 Å². The van der Waals surface area contributed by atoms with Crippen molar-refractivity contribution in [3.05, 3.63) is 41.6 Å². The molecule has 0 aliphatic rings. The number of likely N-dealkylation sites (N-methyl/N-ethyl adjacent to an activating group) is 1. The summed E-state index contributed by atoms with van der Waals surface area (Å²) in [6.07, 6.45) is -0.307. The number of methoxy groups -OCH3 is 2. The Morgan fingerprint density at radius 2 is 1.81 bits per heavy atom. The largest absolute Gasteiger partial charge is 0.380 e. The highest BCUT2D eigenvalue weighted by Crippen LogP contribution is 2.38. The molecule has 0 saturated carbocycles. The third-order valence-corrected chi connectivity index (χ3v) is 6.59. The van der Waals surface area contributed by atoms with Crippen LogP contribution in [0.1, 0.15) is 49.7 Å². The second-order valence-electron chi connectivity index (χ2n) is 8.64. The molecule has 2 aromatic rings. The summed E-state index contributed by atoms with van der Waals surface area (Å²) >= 11 is 0. The fourth-order valence-corrected chi connectivity index (χ4v) is 4.65. The SMILES string of the molecule is CCN(CC)C(=O)C(CC)(OCOC)C(CC(=O)c1nc2ccccc2cc1COC)C(C#N)C(N)=O. The number of carbonyl (C=O) groups is 3. The zero-order chi connectivity index (χ0) is 27.6. The van der Waals surface area contributed by atoms with E-state index in [0.717, 1.165) is 5.39 Å². The van der Waals surface area contributed by atoms with E-state index in [1.54, 1.807) is 13.0 Å². The predicted octanol–water partition coefficient (Wildman–Crippen LogP) is 2.83. The predicted molar refractivity (Wildman–Crippen MR) is 137 cm³/mol. The number of nitrogens with two attached hydrogens (primary N) is 1. The summed E-state index contributed by atoms with van der Waals surface area (Å²) in [6, 6.07) is 11.1. The number of nitrogens with zero attached hydrogens (tertiary/aromatic N) is 3. The van der Waals surface area contributed by atoms with E-state index in [1.807, 2.05) is 44.2 Å². The van der Waals surface area contributed by atoms with Crippen LogP contribution in [0.25, 0.3) is 10.9 Å². The van der Waals surface area contributed by atoms with Crippen LogP contribution in [0.2, 0.25) is 0 Å². The standard InChI is InChI=1S/C27H36N4O6/c1-6-27(37-17-36-5,26(34)31(7-2)8-3)21(20(15-28)25(29)33)14-23(32)24-19(16-35-4)13-18-11-9-10-12-22(18)30-24/h9-13,20-21H,6-8,14,16-17H2,1-5H3,(H2,29,33). The van der Waals surface area contributed by atoms with Crippen molar-refractivity contribution in [1.82, 2.24) is 9.88 Å². The highest BCUT2D eigenvalue weighted by atomic mass is 16.7. The Labute approximate surface area is 217 Å². The van der Waals surface area contributed by atoms with Gasteiger partial charge in [-0.1, -0.05) is 25.1 Å². The number of nitriles is 1. The highest BCUT2D eigenvalue weighted by molar-refractivity contribution is 5.99. The Hall–Kier alpha value is -3.39. The van der Waals surface area contributed by atoms with E-state index >= 15 is 0 Å². The second kappa shape index (κ2) is 13.8. The molecule has 3 unspecified atom stereocenters. The molecule has 2 rings (SSSR count). The highest BCUT2D eigenvalue weighted by Gasteiger charge is 2.53. The molecule has 10 heteroatoms. The van der Waals surface area contributed by atoms with Gasteiger partial charge in [-0.3, -0.25) is 14.4 Å². The van der Waals surface area contributed by atoms with Crippen molar-refractivity contribution in [2.45, 2.75) is 45.8 Å². The van der Waals surface area contributed by atoms with Crippen molar-refractivity contribution in [2.75, 3.05) is 34.1 Å². The lowest BCUT2D eigenvalue weighted by atomic mass is 9.72. The Balaban J connectivity index is 2.70. The summed E-state index contributed by atoms with van der Waals surface area (Å²) in [5.41, 5.74) is 5.19. The minimum Gasteiger partial charge on any atom is -0.380 e. The minimum absolute atomic E-state index is 0.0746. The van der Waals surface area contributed by atoms with Gasteiger partial charge >= 0.3 is 0 Å². The van der Waals surface area contributed by atoms with Crippen molar-refractivity contribution in [1.29, 1.82) is 5.26 Å².